The van der Waals surface area contributed by atoms with Gasteiger partial charge in [-0.3, -0.25) is 9.48 Å². The van der Waals surface area contributed by atoms with E-state index in [9.17, 15) is 4.79 Å². The molecule has 0 bridgehead atoms. The van der Waals surface area contributed by atoms with Crippen LogP contribution in [0.25, 0.3) is 0 Å². The maximum atomic E-state index is 11.1. The Labute approximate surface area is 145 Å². The molecule has 8 heteroatoms. The molecule has 1 aliphatic carbocycles. The molecule has 0 aromatic carbocycles. The van der Waals surface area contributed by atoms with Gasteiger partial charge in [0, 0.05) is 19.4 Å². The van der Waals surface area contributed by atoms with Crippen LogP contribution in [0, 0.1) is 19.8 Å². The zero-order valence-corrected chi connectivity index (χ0v) is 14.9. The summed E-state index contributed by atoms with van der Waals surface area (Å²) in [5, 5.41) is 16.3. The number of aryl methyl sites for hydroxylation is 1. The van der Waals surface area contributed by atoms with Crippen LogP contribution in [0.1, 0.15) is 49.4 Å². The Hall–Kier alpha value is -1.89. The molecular formula is C16H22ClN5O2. The van der Waals surface area contributed by atoms with Gasteiger partial charge >= 0.3 is 0 Å². The van der Waals surface area contributed by atoms with Crippen molar-refractivity contribution in [3.63, 3.8) is 0 Å². The second-order valence-corrected chi connectivity index (χ2v) is 6.89. The minimum Gasteiger partial charge on any atom is -0.423 e. The molecule has 2 aromatic rings. The number of nitrogens with one attached hydrogen (secondary N) is 1. The van der Waals surface area contributed by atoms with E-state index < -0.39 is 0 Å². The van der Waals surface area contributed by atoms with Crippen molar-refractivity contribution in [1.29, 1.82) is 0 Å². The van der Waals surface area contributed by atoms with Crippen LogP contribution < -0.4 is 5.32 Å². The molecule has 2 atom stereocenters. The largest absolute Gasteiger partial charge is 0.423 e. The first kappa shape index (κ1) is 17.0. The van der Waals surface area contributed by atoms with E-state index in [0.717, 1.165) is 37.1 Å². The number of nitrogens with zero attached hydrogens (tertiary/aromatic N) is 4. The number of amides is 1. The molecule has 0 aliphatic heterocycles. The third-order valence-corrected chi connectivity index (χ3v) is 5.05. The second-order valence-electron chi connectivity index (χ2n) is 6.51. The van der Waals surface area contributed by atoms with Crippen LogP contribution in [0.3, 0.4) is 0 Å². The van der Waals surface area contributed by atoms with Crippen molar-refractivity contribution < 1.29 is 9.21 Å². The Morgan fingerprint density at radius 2 is 2.08 bits per heavy atom. The van der Waals surface area contributed by atoms with E-state index >= 15 is 0 Å². The monoisotopic (exact) mass is 351 g/mol. The molecule has 1 N–H and O–H groups in total. The van der Waals surface area contributed by atoms with Crippen molar-refractivity contribution >= 4 is 17.5 Å². The van der Waals surface area contributed by atoms with Gasteiger partial charge in [-0.15, -0.1) is 10.2 Å². The van der Waals surface area contributed by atoms with Gasteiger partial charge in [0.2, 0.25) is 17.7 Å². The van der Waals surface area contributed by atoms with E-state index in [1.165, 1.54) is 0 Å². The molecule has 0 saturated heterocycles. The second kappa shape index (κ2) is 6.93. The first-order valence-corrected chi connectivity index (χ1v) is 8.58. The Bertz CT molecular complexity index is 739. The molecule has 1 aliphatic rings. The average molecular weight is 352 g/mol. The fourth-order valence-electron chi connectivity index (χ4n) is 3.32. The third-order valence-electron chi connectivity index (χ3n) is 4.50. The van der Waals surface area contributed by atoms with Crippen molar-refractivity contribution in [3.05, 3.63) is 28.2 Å². The van der Waals surface area contributed by atoms with Crippen molar-refractivity contribution in [2.45, 2.75) is 59.0 Å². The van der Waals surface area contributed by atoms with Gasteiger partial charge in [-0.2, -0.15) is 5.10 Å². The molecule has 3 rings (SSSR count). The maximum Gasteiger partial charge on any atom is 0.237 e. The van der Waals surface area contributed by atoms with Gasteiger partial charge in [0.15, 0.2) is 0 Å². The Balaban J connectivity index is 1.58. The van der Waals surface area contributed by atoms with Gasteiger partial charge in [-0.25, -0.2) is 0 Å². The highest BCUT2D eigenvalue weighted by Gasteiger charge is 2.27. The Kier molecular flexibility index (Phi) is 4.89. The number of rotatable bonds is 5. The number of carbonyl (C=O) groups excluding carboxylic acids is 1. The standard InChI is InChI=1S/C16H22ClN5O2/c1-9-16(17)10(2)22(21-9)8-15-20-19-14(24-15)7-12-4-5-13(6-12)18-11(3)23/h12-13H,4-8H2,1-3H3,(H,18,23)/t12-,13+/m1/s1. The molecule has 0 radical (unpaired) electrons. The molecule has 1 amide bonds. The molecule has 0 spiro atoms. The molecule has 130 valence electrons. The topological polar surface area (TPSA) is 85.8 Å². The van der Waals surface area contributed by atoms with E-state index in [1.54, 1.807) is 11.6 Å². The number of halogens is 1. The van der Waals surface area contributed by atoms with Gasteiger partial charge in [0.25, 0.3) is 0 Å². The summed E-state index contributed by atoms with van der Waals surface area (Å²) in [7, 11) is 0. The summed E-state index contributed by atoms with van der Waals surface area (Å²) in [5.74, 6) is 1.68. The molecule has 1 fully saturated rings. The highest BCUT2D eigenvalue weighted by atomic mass is 35.5. The summed E-state index contributed by atoms with van der Waals surface area (Å²) in [6, 6.07) is 0.270. The van der Waals surface area contributed by atoms with Crippen LogP contribution in [-0.4, -0.2) is 31.9 Å². The van der Waals surface area contributed by atoms with E-state index in [4.69, 9.17) is 16.0 Å². The molecule has 7 nitrogen and oxygen atoms in total. The van der Waals surface area contributed by atoms with Crippen LogP contribution in [0.4, 0.5) is 0 Å². The predicted molar refractivity (Wildman–Crippen MR) is 88.8 cm³/mol. The van der Waals surface area contributed by atoms with Crippen LogP contribution in [0.15, 0.2) is 4.42 Å². The number of carbonyl (C=O) groups is 1. The lowest BCUT2D eigenvalue weighted by molar-refractivity contribution is -0.119. The molecule has 2 heterocycles. The van der Waals surface area contributed by atoms with Crippen molar-refractivity contribution in [2.24, 2.45) is 5.92 Å². The molecule has 0 unspecified atom stereocenters. The van der Waals surface area contributed by atoms with E-state index in [0.29, 0.717) is 29.3 Å². The van der Waals surface area contributed by atoms with E-state index in [-0.39, 0.29) is 11.9 Å². The lowest BCUT2D eigenvalue weighted by Crippen LogP contribution is -2.30. The third kappa shape index (κ3) is 3.77. The molecule has 2 aromatic heterocycles. The Morgan fingerprint density at radius 3 is 2.75 bits per heavy atom. The highest BCUT2D eigenvalue weighted by Crippen LogP contribution is 2.28. The van der Waals surface area contributed by atoms with Crippen LogP contribution in [-0.2, 0) is 17.8 Å². The lowest BCUT2D eigenvalue weighted by atomic mass is 10.0. The normalized spacial score (nSPS) is 20.5. The minimum absolute atomic E-state index is 0.0317. The lowest BCUT2D eigenvalue weighted by Gasteiger charge is -2.10. The number of aromatic nitrogens is 4. The van der Waals surface area contributed by atoms with Crippen LogP contribution in [0.2, 0.25) is 5.02 Å². The molecular weight excluding hydrogens is 330 g/mol. The molecule has 1 saturated carbocycles. The predicted octanol–water partition coefficient (Wildman–Crippen LogP) is 2.43. The van der Waals surface area contributed by atoms with Crippen molar-refractivity contribution in [3.8, 4) is 0 Å². The quantitative estimate of drug-likeness (QED) is 0.894. The number of hydrogen-bond acceptors (Lipinski definition) is 5. The summed E-state index contributed by atoms with van der Waals surface area (Å²) >= 11 is 6.15. The van der Waals surface area contributed by atoms with Crippen LogP contribution >= 0.6 is 11.6 Å². The summed E-state index contributed by atoms with van der Waals surface area (Å²) in [6.45, 7) is 5.77. The smallest absolute Gasteiger partial charge is 0.237 e. The number of hydrogen-bond donors (Lipinski definition) is 1. The summed E-state index contributed by atoms with van der Waals surface area (Å²) < 4.78 is 7.53. The average Bonchev–Trinajstić information content (AvgIpc) is 3.19. The van der Waals surface area contributed by atoms with Gasteiger partial charge in [0.1, 0.15) is 6.54 Å². The fraction of sp³-hybridized carbons (Fsp3) is 0.625. The van der Waals surface area contributed by atoms with Gasteiger partial charge in [0.05, 0.1) is 16.4 Å². The minimum atomic E-state index is 0.0317. The fourth-order valence-corrected chi connectivity index (χ4v) is 3.45. The van der Waals surface area contributed by atoms with E-state index in [1.807, 2.05) is 13.8 Å². The summed E-state index contributed by atoms with van der Waals surface area (Å²) in [5.41, 5.74) is 1.69. The molecule has 24 heavy (non-hydrogen) atoms. The summed E-state index contributed by atoms with van der Waals surface area (Å²) in [4.78, 5) is 11.1. The van der Waals surface area contributed by atoms with Crippen molar-refractivity contribution in [1.82, 2.24) is 25.3 Å². The van der Waals surface area contributed by atoms with E-state index in [2.05, 4.69) is 20.6 Å². The SMILES string of the molecule is CC(=O)N[C@H]1CC[C@@H](Cc2nnc(Cn3nc(C)c(Cl)c3C)o2)C1. The Morgan fingerprint density at radius 1 is 1.33 bits per heavy atom. The van der Waals surface area contributed by atoms with Gasteiger partial charge in [-0.1, -0.05) is 11.6 Å². The maximum absolute atomic E-state index is 11.1. The zero-order valence-electron chi connectivity index (χ0n) is 14.2. The first-order valence-electron chi connectivity index (χ1n) is 8.20. The zero-order chi connectivity index (χ0) is 17.3. The van der Waals surface area contributed by atoms with Gasteiger partial charge in [-0.05, 0) is 39.0 Å². The van der Waals surface area contributed by atoms with Crippen molar-refractivity contribution in [2.75, 3.05) is 0 Å². The summed E-state index contributed by atoms with van der Waals surface area (Å²) in [6.07, 6.45) is 3.79. The van der Waals surface area contributed by atoms with Gasteiger partial charge < -0.3 is 9.73 Å². The first-order chi connectivity index (χ1) is 11.4. The highest BCUT2D eigenvalue weighted by molar-refractivity contribution is 6.31. The van der Waals surface area contributed by atoms with Crippen LogP contribution in [0.5, 0.6) is 0 Å².